The Morgan fingerprint density at radius 1 is 1.21 bits per heavy atom. The zero-order chi connectivity index (χ0) is 10.1. The highest BCUT2D eigenvalue weighted by Gasteiger charge is 2.08. The Morgan fingerprint density at radius 3 is 2.64 bits per heavy atom. The van der Waals surface area contributed by atoms with E-state index in [0.717, 1.165) is 10.1 Å². The standard InChI is InChI=1S/C10H3ClN2S/c11-9-7(4-12)2-1-6-3-8(5-13)14-10(6)9/h1-3H. The third-order valence-corrected chi connectivity index (χ3v) is 3.43. The van der Waals surface area contributed by atoms with E-state index < -0.39 is 0 Å². The molecular weight excluding hydrogens is 216 g/mol. The smallest absolute Gasteiger partial charge is 0.110 e. The maximum Gasteiger partial charge on any atom is 0.110 e. The van der Waals surface area contributed by atoms with E-state index in [9.17, 15) is 0 Å². The van der Waals surface area contributed by atoms with E-state index in [1.54, 1.807) is 18.2 Å². The summed E-state index contributed by atoms with van der Waals surface area (Å²) in [5.41, 5.74) is 0.450. The molecule has 14 heavy (non-hydrogen) atoms. The summed E-state index contributed by atoms with van der Waals surface area (Å²) >= 11 is 7.30. The van der Waals surface area contributed by atoms with Gasteiger partial charge in [0.1, 0.15) is 17.0 Å². The first kappa shape index (κ1) is 9.02. The Balaban J connectivity index is 2.85. The number of nitriles is 2. The molecule has 4 heteroatoms. The number of nitrogens with zero attached hydrogens (tertiary/aromatic N) is 2. The van der Waals surface area contributed by atoms with Crippen molar-refractivity contribution in [2.24, 2.45) is 0 Å². The van der Waals surface area contributed by atoms with Crippen LogP contribution in [0.1, 0.15) is 10.4 Å². The van der Waals surface area contributed by atoms with E-state index in [1.807, 2.05) is 6.07 Å². The number of hydrogen-bond acceptors (Lipinski definition) is 3. The summed E-state index contributed by atoms with van der Waals surface area (Å²) in [5.74, 6) is 0. The normalized spacial score (nSPS) is 9.64. The number of hydrogen-bond donors (Lipinski definition) is 0. The van der Waals surface area contributed by atoms with Crippen molar-refractivity contribution in [1.82, 2.24) is 0 Å². The number of fused-ring (bicyclic) bond motifs is 1. The lowest BCUT2D eigenvalue weighted by Crippen LogP contribution is -1.74. The second kappa shape index (κ2) is 3.31. The highest BCUT2D eigenvalue weighted by Crippen LogP contribution is 2.33. The van der Waals surface area contributed by atoms with Crippen molar-refractivity contribution in [3.8, 4) is 12.1 Å². The van der Waals surface area contributed by atoms with Crippen molar-refractivity contribution in [2.75, 3.05) is 0 Å². The summed E-state index contributed by atoms with van der Waals surface area (Å²) in [6.45, 7) is 0. The minimum absolute atomic E-state index is 0.441. The van der Waals surface area contributed by atoms with Crippen LogP contribution in [-0.4, -0.2) is 0 Å². The van der Waals surface area contributed by atoms with Gasteiger partial charge in [-0.15, -0.1) is 11.3 Å². The Bertz CT molecular complexity index is 586. The quantitative estimate of drug-likeness (QED) is 0.681. The third kappa shape index (κ3) is 1.24. The van der Waals surface area contributed by atoms with E-state index in [-0.39, 0.29) is 0 Å². The fourth-order valence-electron chi connectivity index (χ4n) is 1.21. The number of benzene rings is 1. The van der Waals surface area contributed by atoms with E-state index in [4.69, 9.17) is 22.1 Å². The molecule has 0 spiro atoms. The van der Waals surface area contributed by atoms with Crippen molar-refractivity contribution >= 4 is 33.0 Å². The molecule has 0 aliphatic heterocycles. The monoisotopic (exact) mass is 218 g/mol. The van der Waals surface area contributed by atoms with Crippen molar-refractivity contribution in [3.63, 3.8) is 0 Å². The molecule has 2 aromatic rings. The van der Waals surface area contributed by atoms with E-state index >= 15 is 0 Å². The van der Waals surface area contributed by atoms with Gasteiger partial charge in [-0.3, -0.25) is 0 Å². The first-order valence-electron chi connectivity index (χ1n) is 3.78. The Labute approximate surface area is 89.6 Å². The van der Waals surface area contributed by atoms with Crippen LogP contribution in [0.15, 0.2) is 18.2 Å². The van der Waals surface area contributed by atoms with Crippen LogP contribution in [0.25, 0.3) is 10.1 Å². The summed E-state index contributed by atoms with van der Waals surface area (Å²) in [4.78, 5) is 0.608. The number of thiophene rings is 1. The Morgan fingerprint density at radius 2 is 2.00 bits per heavy atom. The molecule has 0 aliphatic rings. The van der Waals surface area contributed by atoms with E-state index in [2.05, 4.69) is 6.07 Å². The van der Waals surface area contributed by atoms with Gasteiger partial charge < -0.3 is 0 Å². The molecule has 0 fully saturated rings. The molecule has 1 aromatic heterocycles. The van der Waals surface area contributed by atoms with Crippen molar-refractivity contribution in [1.29, 1.82) is 10.5 Å². The van der Waals surface area contributed by atoms with Gasteiger partial charge in [-0.25, -0.2) is 0 Å². The van der Waals surface area contributed by atoms with Crippen LogP contribution in [0, 0.1) is 22.7 Å². The van der Waals surface area contributed by atoms with Crippen LogP contribution in [0.3, 0.4) is 0 Å². The summed E-state index contributed by atoms with van der Waals surface area (Å²) in [6, 6.07) is 9.30. The van der Waals surface area contributed by atoms with Gasteiger partial charge in [0, 0.05) is 0 Å². The van der Waals surface area contributed by atoms with Gasteiger partial charge in [-0.2, -0.15) is 10.5 Å². The molecule has 1 aromatic carbocycles. The van der Waals surface area contributed by atoms with Crippen molar-refractivity contribution < 1.29 is 0 Å². The van der Waals surface area contributed by atoms with Gasteiger partial charge in [0.15, 0.2) is 0 Å². The van der Waals surface area contributed by atoms with Crippen molar-refractivity contribution in [2.45, 2.75) is 0 Å². The molecule has 0 atom stereocenters. The largest absolute Gasteiger partial charge is 0.192 e. The molecule has 66 valence electrons. The van der Waals surface area contributed by atoms with E-state index in [1.165, 1.54) is 11.3 Å². The number of halogens is 1. The van der Waals surface area contributed by atoms with Crippen LogP contribution in [-0.2, 0) is 0 Å². The van der Waals surface area contributed by atoms with Gasteiger partial charge >= 0.3 is 0 Å². The lowest BCUT2D eigenvalue weighted by molar-refractivity contribution is 1.50. The van der Waals surface area contributed by atoms with Gasteiger partial charge in [0.25, 0.3) is 0 Å². The average Bonchev–Trinajstić information content (AvgIpc) is 2.62. The highest BCUT2D eigenvalue weighted by atomic mass is 35.5. The predicted molar refractivity (Wildman–Crippen MR) is 56.3 cm³/mol. The molecule has 0 saturated heterocycles. The maximum absolute atomic E-state index is 8.75. The molecule has 0 aliphatic carbocycles. The first-order valence-corrected chi connectivity index (χ1v) is 4.98. The molecule has 2 rings (SSSR count). The first-order chi connectivity index (χ1) is 6.76. The zero-order valence-electron chi connectivity index (χ0n) is 6.91. The molecule has 0 saturated carbocycles. The summed E-state index contributed by atoms with van der Waals surface area (Å²) < 4.78 is 0.808. The number of rotatable bonds is 0. The van der Waals surface area contributed by atoms with Crippen LogP contribution in [0.2, 0.25) is 5.02 Å². The molecule has 0 N–H and O–H groups in total. The summed E-state index contributed by atoms with van der Waals surface area (Å²) in [7, 11) is 0. The van der Waals surface area contributed by atoms with Gasteiger partial charge in [0.05, 0.1) is 15.3 Å². The molecule has 0 unspecified atom stereocenters. The van der Waals surface area contributed by atoms with Gasteiger partial charge in [0.2, 0.25) is 0 Å². The van der Waals surface area contributed by atoms with Crippen LogP contribution >= 0.6 is 22.9 Å². The molecule has 0 amide bonds. The van der Waals surface area contributed by atoms with Crippen LogP contribution in [0.4, 0.5) is 0 Å². The molecule has 1 heterocycles. The third-order valence-electron chi connectivity index (χ3n) is 1.86. The minimum Gasteiger partial charge on any atom is -0.192 e. The summed E-state index contributed by atoms with van der Waals surface area (Å²) in [6.07, 6.45) is 0. The molecular formula is C10H3ClN2S. The topological polar surface area (TPSA) is 47.6 Å². The van der Waals surface area contributed by atoms with Crippen LogP contribution in [0.5, 0.6) is 0 Å². The highest BCUT2D eigenvalue weighted by molar-refractivity contribution is 7.20. The molecule has 2 nitrogen and oxygen atoms in total. The zero-order valence-corrected chi connectivity index (χ0v) is 8.49. The van der Waals surface area contributed by atoms with Gasteiger partial charge in [-0.1, -0.05) is 17.7 Å². The average molecular weight is 219 g/mol. The predicted octanol–water partition coefficient (Wildman–Crippen LogP) is 3.30. The lowest BCUT2D eigenvalue weighted by Gasteiger charge is -1.94. The maximum atomic E-state index is 8.75. The summed E-state index contributed by atoms with van der Waals surface area (Å²) in [5, 5.41) is 18.8. The fraction of sp³-hybridized carbons (Fsp3) is 0. The van der Waals surface area contributed by atoms with Gasteiger partial charge in [-0.05, 0) is 17.5 Å². The SMILES string of the molecule is N#Cc1cc2ccc(C#N)c(Cl)c2s1. The minimum atomic E-state index is 0.441. The second-order valence-corrected chi connectivity index (χ2v) is 4.11. The lowest BCUT2D eigenvalue weighted by atomic mass is 10.2. The Kier molecular flexibility index (Phi) is 2.13. The second-order valence-electron chi connectivity index (χ2n) is 2.68. The molecule has 0 bridgehead atoms. The fourth-order valence-corrected chi connectivity index (χ4v) is 2.44. The van der Waals surface area contributed by atoms with Crippen LogP contribution < -0.4 is 0 Å². The molecule has 0 radical (unpaired) electrons. The van der Waals surface area contributed by atoms with Crippen molar-refractivity contribution in [3.05, 3.63) is 33.7 Å². The Hall–Kier alpha value is -1.55. The van der Waals surface area contributed by atoms with E-state index in [0.29, 0.717) is 15.5 Å².